The molecule has 2 N–H and O–H groups in total. The molecule has 0 saturated heterocycles. The molecule has 3 aromatic rings. The van der Waals surface area contributed by atoms with Gasteiger partial charge in [-0.1, -0.05) is 60.2 Å². The Morgan fingerprint density at radius 2 is 1.39 bits per heavy atom. The van der Waals surface area contributed by atoms with Crippen LogP contribution in [0.4, 0.5) is 5.69 Å². The van der Waals surface area contributed by atoms with E-state index >= 15 is 0 Å². The van der Waals surface area contributed by atoms with Crippen molar-refractivity contribution >= 4 is 21.6 Å². The molecule has 0 spiro atoms. The van der Waals surface area contributed by atoms with Gasteiger partial charge < -0.3 is 5.32 Å². The number of carbonyl (C=O) groups excluding carboxylic acids is 1. The fourth-order valence-electron chi connectivity index (χ4n) is 2.88. The number of benzene rings is 3. The highest BCUT2D eigenvalue weighted by Crippen LogP contribution is 2.23. The highest BCUT2D eigenvalue weighted by molar-refractivity contribution is 7.92. The zero-order chi connectivity index (χ0) is 20.1. The van der Waals surface area contributed by atoms with Gasteiger partial charge in [0.2, 0.25) is 10.0 Å². The Labute approximate surface area is 165 Å². The van der Waals surface area contributed by atoms with Gasteiger partial charge in [-0.15, -0.1) is 0 Å². The monoisotopic (exact) mass is 394 g/mol. The van der Waals surface area contributed by atoms with Crippen molar-refractivity contribution in [1.29, 1.82) is 0 Å². The lowest BCUT2D eigenvalue weighted by atomic mass is 9.97. The Hall–Kier alpha value is -3.12. The molecule has 0 aliphatic carbocycles. The normalized spacial score (nSPS) is 12.2. The van der Waals surface area contributed by atoms with Gasteiger partial charge in [0.1, 0.15) is 0 Å². The maximum atomic E-state index is 12.8. The van der Waals surface area contributed by atoms with E-state index in [1.807, 2.05) is 61.5 Å². The molecule has 0 aliphatic rings. The zero-order valence-corrected chi connectivity index (χ0v) is 16.5. The molecule has 0 saturated carbocycles. The van der Waals surface area contributed by atoms with E-state index in [0.717, 1.165) is 22.9 Å². The maximum absolute atomic E-state index is 12.8. The third-order valence-corrected chi connectivity index (χ3v) is 4.88. The quantitative estimate of drug-likeness (QED) is 0.666. The van der Waals surface area contributed by atoms with E-state index in [1.54, 1.807) is 24.3 Å². The second-order valence-electron chi connectivity index (χ2n) is 6.68. The minimum atomic E-state index is -3.36. The van der Waals surface area contributed by atoms with Crippen LogP contribution in [-0.2, 0) is 10.0 Å². The van der Waals surface area contributed by atoms with Crippen molar-refractivity contribution < 1.29 is 13.2 Å². The SMILES string of the molecule is Cc1ccc(C(NC(=O)c2ccc(NS(C)(=O)=O)cc2)c2ccccc2)cc1. The van der Waals surface area contributed by atoms with E-state index in [1.165, 1.54) is 0 Å². The van der Waals surface area contributed by atoms with Gasteiger partial charge >= 0.3 is 0 Å². The van der Waals surface area contributed by atoms with Crippen LogP contribution >= 0.6 is 0 Å². The molecular formula is C22H22N2O3S. The van der Waals surface area contributed by atoms with Crippen molar-refractivity contribution in [2.75, 3.05) is 11.0 Å². The van der Waals surface area contributed by atoms with Gasteiger partial charge in [-0.25, -0.2) is 8.42 Å². The summed E-state index contributed by atoms with van der Waals surface area (Å²) in [5.74, 6) is -0.236. The van der Waals surface area contributed by atoms with Gasteiger partial charge in [0.15, 0.2) is 0 Å². The summed E-state index contributed by atoms with van der Waals surface area (Å²) in [4.78, 5) is 12.8. The van der Waals surface area contributed by atoms with Crippen molar-refractivity contribution in [3.8, 4) is 0 Å². The summed E-state index contributed by atoms with van der Waals surface area (Å²) in [5, 5.41) is 3.08. The van der Waals surface area contributed by atoms with Gasteiger partial charge in [-0.3, -0.25) is 9.52 Å². The van der Waals surface area contributed by atoms with Gasteiger partial charge in [0.05, 0.1) is 12.3 Å². The second kappa shape index (κ2) is 8.27. The van der Waals surface area contributed by atoms with Crippen LogP contribution in [0.2, 0.25) is 0 Å². The molecule has 1 amide bonds. The Bertz CT molecular complexity index is 1050. The Morgan fingerprint density at radius 1 is 0.821 bits per heavy atom. The molecule has 28 heavy (non-hydrogen) atoms. The molecule has 3 rings (SSSR count). The van der Waals surface area contributed by atoms with Crippen LogP contribution in [0.1, 0.15) is 33.1 Å². The molecular weight excluding hydrogens is 372 g/mol. The number of hydrogen-bond acceptors (Lipinski definition) is 3. The van der Waals surface area contributed by atoms with Crippen molar-refractivity contribution in [2.24, 2.45) is 0 Å². The van der Waals surface area contributed by atoms with Crippen LogP contribution in [0.25, 0.3) is 0 Å². The predicted molar refractivity (Wildman–Crippen MR) is 112 cm³/mol. The van der Waals surface area contributed by atoms with Crippen molar-refractivity contribution in [2.45, 2.75) is 13.0 Å². The highest BCUT2D eigenvalue weighted by atomic mass is 32.2. The van der Waals surface area contributed by atoms with Crippen LogP contribution in [-0.4, -0.2) is 20.6 Å². The molecule has 6 heteroatoms. The molecule has 0 radical (unpaired) electrons. The average molecular weight is 394 g/mol. The fourth-order valence-corrected chi connectivity index (χ4v) is 3.45. The third-order valence-electron chi connectivity index (χ3n) is 4.27. The summed E-state index contributed by atoms with van der Waals surface area (Å²) in [6.07, 6.45) is 1.08. The van der Waals surface area contributed by atoms with Crippen molar-refractivity contribution in [3.63, 3.8) is 0 Å². The number of nitrogens with one attached hydrogen (secondary N) is 2. The maximum Gasteiger partial charge on any atom is 0.252 e. The highest BCUT2D eigenvalue weighted by Gasteiger charge is 2.18. The summed E-state index contributed by atoms with van der Waals surface area (Å²) in [7, 11) is -3.36. The summed E-state index contributed by atoms with van der Waals surface area (Å²) in [5.41, 5.74) is 3.98. The largest absolute Gasteiger partial charge is 0.341 e. The van der Waals surface area contributed by atoms with Crippen molar-refractivity contribution in [3.05, 3.63) is 101 Å². The minimum Gasteiger partial charge on any atom is -0.341 e. The fraction of sp³-hybridized carbons (Fsp3) is 0.136. The first-order valence-electron chi connectivity index (χ1n) is 8.82. The average Bonchev–Trinajstić information content (AvgIpc) is 2.67. The zero-order valence-electron chi connectivity index (χ0n) is 15.7. The lowest BCUT2D eigenvalue weighted by Gasteiger charge is -2.20. The van der Waals surface area contributed by atoms with Crippen LogP contribution < -0.4 is 10.0 Å². The lowest BCUT2D eigenvalue weighted by molar-refractivity contribution is 0.0943. The van der Waals surface area contributed by atoms with E-state index in [-0.39, 0.29) is 11.9 Å². The molecule has 3 aromatic carbocycles. The minimum absolute atomic E-state index is 0.236. The van der Waals surface area contributed by atoms with Gasteiger partial charge in [-0.05, 0) is 42.3 Å². The van der Waals surface area contributed by atoms with E-state index in [9.17, 15) is 13.2 Å². The van der Waals surface area contributed by atoms with Crippen LogP contribution in [0.5, 0.6) is 0 Å². The molecule has 1 unspecified atom stereocenters. The third kappa shape index (κ3) is 5.20. The van der Waals surface area contributed by atoms with Gasteiger partial charge in [0, 0.05) is 11.3 Å². The van der Waals surface area contributed by atoms with E-state index in [4.69, 9.17) is 0 Å². The number of aryl methyl sites for hydroxylation is 1. The molecule has 0 bridgehead atoms. The Kier molecular flexibility index (Phi) is 5.80. The van der Waals surface area contributed by atoms with Gasteiger partial charge in [0.25, 0.3) is 5.91 Å². The lowest BCUT2D eigenvalue weighted by Crippen LogP contribution is -2.29. The smallest absolute Gasteiger partial charge is 0.252 e. The standard InChI is InChI=1S/C22H22N2O3S/c1-16-8-10-18(11-9-16)21(17-6-4-3-5-7-17)23-22(25)19-12-14-20(15-13-19)24-28(2,26)27/h3-15,21,24H,1-2H3,(H,23,25). The van der Waals surface area contributed by atoms with E-state index in [2.05, 4.69) is 10.0 Å². The summed E-state index contributed by atoms with van der Waals surface area (Å²) in [6.45, 7) is 2.02. The summed E-state index contributed by atoms with van der Waals surface area (Å²) >= 11 is 0. The van der Waals surface area contributed by atoms with Gasteiger partial charge in [-0.2, -0.15) is 0 Å². The first-order valence-corrected chi connectivity index (χ1v) is 10.7. The molecule has 0 heterocycles. The molecule has 0 aliphatic heterocycles. The molecule has 0 aromatic heterocycles. The molecule has 1 atom stereocenters. The van der Waals surface area contributed by atoms with Crippen molar-refractivity contribution in [1.82, 2.24) is 5.32 Å². The number of rotatable bonds is 6. The first-order chi connectivity index (χ1) is 13.3. The Balaban J connectivity index is 1.84. The number of carbonyl (C=O) groups is 1. The molecule has 144 valence electrons. The topological polar surface area (TPSA) is 75.3 Å². The molecule has 5 nitrogen and oxygen atoms in total. The Morgan fingerprint density at radius 3 is 1.96 bits per heavy atom. The van der Waals surface area contributed by atoms with Crippen LogP contribution in [0.3, 0.4) is 0 Å². The second-order valence-corrected chi connectivity index (χ2v) is 8.43. The van der Waals surface area contributed by atoms with E-state index < -0.39 is 10.0 Å². The number of sulfonamides is 1. The number of hydrogen-bond donors (Lipinski definition) is 2. The summed E-state index contributed by atoms with van der Waals surface area (Å²) < 4.78 is 25.0. The van der Waals surface area contributed by atoms with E-state index in [0.29, 0.717) is 11.3 Å². The number of anilines is 1. The predicted octanol–water partition coefficient (Wildman–Crippen LogP) is 3.89. The molecule has 0 fully saturated rings. The van der Waals surface area contributed by atoms with Crippen LogP contribution in [0.15, 0.2) is 78.9 Å². The number of amides is 1. The summed E-state index contributed by atoms with van der Waals surface area (Å²) in [6, 6.07) is 23.9. The first kappa shape index (κ1) is 19.6. The van der Waals surface area contributed by atoms with Crippen LogP contribution in [0, 0.1) is 6.92 Å².